The lowest BCUT2D eigenvalue weighted by molar-refractivity contribution is 1.03. The van der Waals surface area contributed by atoms with Gasteiger partial charge in [0.1, 0.15) is 0 Å². The first-order valence-electron chi connectivity index (χ1n) is 3.78. The van der Waals surface area contributed by atoms with Crippen LogP contribution >= 0.6 is 0 Å². The third-order valence-corrected chi connectivity index (χ3v) is 1.63. The lowest BCUT2D eigenvalue weighted by atomic mass is 10.2. The first kappa shape index (κ1) is 6.98. The minimum Gasteiger partial charge on any atom is -0.159 e. The Morgan fingerprint density at radius 1 is 1.08 bits per heavy atom. The van der Waals surface area contributed by atoms with E-state index in [0.717, 1.165) is 5.56 Å². The molecule has 0 amide bonds. The molecule has 0 fully saturated rings. The zero-order chi connectivity index (χ0) is 8.23. The van der Waals surface area contributed by atoms with Crippen molar-refractivity contribution < 1.29 is 0 Å². The van der Waals surface area contributed by atoms with E-state index in [2.05, 4.69) is 28.4 Å². The van der Waals surface area contributed by atoms with Crippen molar-refractivity contribution in [2.24, 2.45) is 0 Å². The average Bonchev–Trinajstić information content (AvgIpc) is 2.59. The van der Waals surface area contributed by atoms with E-state index < -0.39 is 0 Å². The van der Waals surface area contributed by atoms with Crippen LogP contribution in [0.25, 0.3) is 6.08 Å². The summed E-state index contributed by atoms with van der Waals surface area (Å²) in [5.41, 5.74) is 2.28. The highest BCUT2D eigenvalue weighted by Crippen LogP contribution is 2.11. The summed E-state index contributed by atoms with van der Waals surface area (Å²) in [5, 5.41) is 7.49. The van der Waals surface area contributed by atoms with Gasteiger partial charge in [0.15, 0.2) is 0 Å². The maximum atomic E-state index is 3.78. The number of allylic oxidation sites excluding steroid dienone is 5. The molecule has 0 unspecified atom stereocenters. The number of hydrogen-bond donors (Lipinski definition) is 0. The number of nitrogens with zero attached hydrogens (tertiary/aromatic N) is 2. The van der Waals surface area contributed by atoms with Crippen LogP contribution in [0.5, 0.6) is 0 Å². The molecule has 0 saturated heterocycles. The first-order chi connectivity index (χ1) is 5.95. The topological polar surface area (TPSA) is 25.8 Å². The number of hydrogen-bond acceptors (Lipinski definition) is 2. The minimum atomic E-state index is 1.08. The van der Waals surface area contributed by atoms with Crippen molar-refractivity contribution in [3.63, 3.8) is 0 Å². The van der Waals surface area contributed by atoms with Crippen LogP contribution in [0.2, 0.25) is 0 Å². The van der Waals surface area contributed by atoms with E-state index in [4.69, 9.17) is 0 Å². The minimum absolute atomic E-state index is 1.08. The Balaban J connectivity index is 2.29. The summed E-state index contributed by atoms with van der Waals surface area (Å²) >= 11 is 0. The van der Waals surface area contributed by atoms with Crippen molar-refractivity contribution in [1.29, 1.82) is 0 Å². The third kappa shape index (κ3) is 1.48. The van der Waals surface area contributed by atoms with Crippen LogP contribution in [0.1, 0.15) is 5.56 Å². The fourth-order valence-electron chi connectivity index (χ4n) is 1.06. The summed E-state index contributed by atoms with van der Waals surface area (Å²) in [6.07, 6.45) is 13.6. The van der Waals surface area contributed by atoms with E-state index >= 15 is 0 Å². The molecular weight excluding hydrogens is 148 g/mol. The van der Waals surface area contributed by atoms with Crippen molar-refractivity contribution in [2.75, 3.05) is 0 Å². The summed E-state index contributed by atoms with van der Waals surface area (Å²) in [6, 6.07) is 1.93. The summed E-state index contributed by atoms with van der Waals surface area (Å²) < 4.78 is 0. The predicted octanol–water partition coefficient (Wildman–Crippen LogP) is 1.99. The monoisotopic (exact) mass is 156 g/mol. The van der Waals surface area contributed by atoms with Gasteiger partial charge in [0.2, 0.25) is 0 Å². The van der Waals surface area contributed by atoms with E-state index in [0.29, 0.717) is 0 Å². The number of rotatable bonds is 1. The van der Waals surface area contributed by atoms with Crippen molar-refractivity contribution >= 4 is 6.08 Å². The van der Waals surface area contributed by atoms with Crippen LogP contribution in [0.15, 0.2) is 48.3 Å². The largest absolute Gasteiger partial charge is 0.159 e. The van der Waals surface area contributed by atoms with Gasteiger partial charge in [-0.15, -0.1) is 0 Å². The Kier molecular flexibility index (Phi) is 1.82. The molecule has 1 aliphatic rings. The van der Waals surface area contributed by atoms with E-state index in [9.17, 15) is 0 Å². The second-order valence-corrected chi connectivity index (χ2v) is 2.54. The molecule has 2 rings (SSSR count). The quantitative estimate of drug-likeness (QED) is 0.621. The zero-order valence-corrected chi connectivity index (χ0v) is 6.51. The van der Waals surface area contributed by atoms with Crippen LogP contribution in [-0.2, 0) is 0 Å². The van der Waals surface area contributed by atoms with Crippen molar-refractivity contribution in [3.05, 3.63) is 53.9 Å². The molecule has 58 valence electrons. The van der Waals surface area contributed by atoms with Gasteiger partial charge in [0.05, 0.1) is 12.4 Å². The molecule has 1 heterocycles. The van der Waals surface area contributed by atoms with Gasteiger partial charge in [0, 0.05) is 0 Å². The smallest absolute Gasteiger partial charge is 0.0568 e. The molecule has 0 aliphatic heterocycles. The second-order valence-electron chi connectivity index (χ2n) is 2.54. The lowest BCUT2D eigenvalue weighted by Gasteiger charge is -1.91. The van der Waals surface area contributed by atoms with Gasteiger partial charge in [-0.1, -0.05) is 24.3 Å². The van der Waals surface area contributed by atoms with Gasteiger partial charge >= 0.3 is 0 Å². The van der Waals surface area contributed by atoms with Crippen LogP contribution in [0.3, 0.4) is 0 Å². The van der Waals surface area contributed by atoms with Crippen LogP contribution in [0.4, 0.5) is 0 Å². The van der Waals surface area contributed by atoms with Crippen LogP contribution in [0, 0.1) is 0 Å². The molecular formula is C10H8N2. The SMILES string of the molecule is C1=CC(=Cc2ccnnc2)C=C1. The molecule has 2 nitrogen and oxygen atoms in total. The molecule has 12 heavy (non-hydrogen) atoms. The Morgan fingerprint density at radius 2 is 1.92 bits per heavy atom. The van der Waals surface area contributed by atoms with Gasteiger partial charge in [0.25, 0.3) is 0 Å². The van der Waals surface area contributed by atoms with Gasteiger partial charge in [-0.05, 0) is 23.3 Å². The van der Waals surface area contributed by atoms with Gasteiger partial charge in [-0.25, -0.2) is 0 Å². The molecule has 0 aromatic carbocycles. The highest BCUT2D eigenvalue weighted by atomic mass is 15.1. The Morgan fingerprint density at radius 3 is 2.58 bits per heavy atom. The van der Waals surface area contributed by atoms with Gasteiger partial charge in [-0.2, -0.15) is 10.2 Å². The number of aromatic nitrogens is 2. The Hall–Kier alpha value is -1.70. The molecule has 0 saturated carbocycles. The van der Waals surface area contributed by atoms with Crippen molar-refractivity contribution in [1.82, 2.24) is 10.2 Å². The average molecular weight is 156 g/mol. The van der Waals surface area contributed by atoms with Crippen molar-refractivity contribution in [2.45, 2.75) is 0 Å². The molecule has 0 N–H and O–H groups in total. The molecule has 0 bridgehead atoms. The standard InChI is InChI=1S/C10H8N2/c1-2-4-9(3-1)7-10-5-6-11-12-8-10/h1-8H. The van der Waals surface area contributed by atoms with Crippen molar-refractivity contribution in [3.8, 4) is 0 Å². The second kappa shape index (κ2) is 3.13. The molecule has 1 aromatic rings. The molecule has 1 aromatic heterocycles. The van der Waals surface area contributed by atoms with Crippen LogP contribution < -0.4 is 0 Å². The maximum absolute atomic E-state index is 3.78. The van der Waals surface area contributed by atoms with Gasteiger partial charge in [-0.3, -0.25) is 0 Å². The Labute approximate surface area is 71.0 Å². The predicted molar refractivity (Wildman–Crippen MR) is 48.3 cm³/mol. The van der Waals surface area contributed by atoms with E-state index in [1.54, 1.807) is 12.4 Å². The summed E-state index contributed by atoms with van der Waals surface area (Å²) in [7, 11) is 0. The first-order valence-corrected chi connectivity index (χ1v) is 3.78. The van der Waals surface area contributed by atoms with E-state index in [1.165, 1.54) is 5.57 Å². The molecule has 0 atom stereocenters. The summed E-state index contributed by atoms with van der Waals surface area (Å²) in [6.45, 7) is 0. The van der Waals surface area contributed by atoms with E-state index in [-0.39, 0.29) is 0 Å². The third-order valence-electron chi connectivity index (χ3n) is 1.63. The summed E-state index contributed by atoms with van der Waals surface area (Å²) in [5.74, 6) is 0. The molecule has 1 aliphatic carbocycles. The van der Waals surface area contributed by atoms with Crippen LogP contribution in [-0.4, -0.2) is 10.2 Å². The lowest BCUT2D eigenvalue weighted by Crippen LogP contribution is -1.79. The fourth-order valence-corrected chi connectivity index (χ4v) is 1.06. The zero-order valence-electron chi connectivity index (χ0n) is 6.51. The molecule has 0 spiro atoms. The molecule has 2 heteroatoms. The fraction of sp³-hybridized carbons (Fsp3) is 0. The maximum Gasteiger partial charge on any atom is 0.0568 e. The highest BCUT2D eigenvalue weighted by molar-refractivity contribution is 5.60. The summed E-state index contributed by atoms with van der Waals surface area (Å²) in [4.78, 5) is 0. The normalized spacial score (nSPS) is 13.8. The Bertz CT molecular complexity index is 333. The van der Waals surface area contributed by atoms with E-state index in [1.807, 2.05) is 18.2 Å². The highest BCUT2D eigenvalue weighted by Gasteiger charge is 1.92. The van der Waals surface area contributed by atoms with Gasteiger partial charge < -0.3 is 0 Å². The molecule has 0 radical (unpaired) electrons.